The quantitative estimate of drug-likeness (QED) is 0.170. The molecule has 2 saturated heterocycles. The number of hydrogen-bond acceptors (Lipinski definition) is 12. The largest absolute Gasteiger partial charge is 0.355 e. The average Bonchev–Trinajstić information content (AvgIpc) is 3.29. The Morgan fingerprint density at radius 1 is 0.694 bits per heavy atom. The van der Waals surface area contributed by atoms with Crippen LogP contribution in [0.5, 0.6) is 0 Å². The summed E-state index contributed by atoms with van der Waals surface area (Å²) in [6, 6.07) is -2.18. The van der Waals surface area contributed by atoms with Gasteiger partial charge in [-0.2, -0.15) is 0 Å². The second-order valence-electron chi connectivity index (χ2n) is 7.71. The van der Waals surface area contributed by atoms with Gasteiger partial charge in [-0.15, -0.1) is 10.1 Å². The van der Waals surface area contributed by atoms with Crippen molar-refractivity contribution in [3.05, 3.63) is 0 Å². The van der Waals surface area contributed by atoms with Gasteiger partial charge in [0.1, 0.15) is 12.1 Å². The Balaban J connectivity index is 1.79. The minimum Gasteiger partial charge on any atom is -0.343 e. The molecule has 0 aromatic heterocycles. The van der Waals surface area contributed by atoms with E-state index in [0.29, 0.717) is 21.6 Å². The van der Waals surface area contributed by atoms with E-state index in [1.807, 2.05) is 0 Å². The van der Waals surface area contributed by atoms with Gasteiger partial charge in [0.2, 0.25) is 11.8 Å². The molecule has 2 rings (SSSR count). The fourth-order valence-corrected chi connectivity index (χ4v) is 5.25. The van der Waals surface area contributed by atoms with Gasteiger partial charge in [-0.25, -0.2) is 9.59 Å². The zero-order valence-corrected chi connectivity index (χ0v) is 21.2. The Kier molecular flexibility index (Phi) is 11.2. The first-order valence-electron chi connectivity index (χ1n) is 10.9. The van der Waals surface area contributed by atoms with Crippen LogP contribution in [0.15, 0.2) is 0 Å². The Hall–Kier alpha value is -3.14. The molecule has 0 bridgehead atoms. The number of hydroxylamine groups is 4. The zero-order valence-electron chi connectivity index (χ0n) is 19.6. The molecule has 2 aliphatic rings. The van der Waals surface area contributed by atoms with Crippen molar-refractivity contribution in [3.8, 4) is 0 Å². The number of amides is 6. The normalized spacial score (nSPS) is 17.2. The molecule has 0 spiro atoms. The van der Waals surface area contributed by atoms with Gasteiger partial charge in [0.15, 0.2) is 0 Å². The second-order valence-corrected chi connectivity index (χ2v) is 10.4. The minimum absolute atomic E-state index is 0.0545. The smallest absolute Gasteiger partial charge is 0.343 e. The molecule has 2 fully saturated rings. The van der Waals surface area contributed by atoms with Crippen LogP contribution in [0.4, 0.5) is 0 Å². The van der Waals surface area contributed by atoms with E-state index in [-0.39, 0.29) is 38.5 Å². The van der Waals surface area contributed by atoms with Crippen LogP contribution in [0.1, 0.15) is 52.4 Å². The van der Waals surface area contributed by atoms with Crippen molar-refractivity contribution in [3.63, 3.8) is 0 Å². The molecular weight excluding hydrogens is 520 g/mol. The molecule has 2 N–H and O–H groups in total. The van der Waals surface area contributed by atoms with E-state index in [0.717, 1.165) is 0 Å². The summed E-state index contributed by atoms with van der Waals surface area (Å²) in [5, 5.41) is 5.65. The van der Waals surface area contributed by atoms with Crippen molar-refractivity contribution < 1.29 is 48.0 Å². The highest BCUT2D eigenvalue weighted by Crippen LogP contribution is 2.25. The van der Waals surface area contributed by atoms with E-state index >= 15 is 0 Å². The van der Waals surface area contributed by atoms with Crippen LogP contribution in [0.25, 0.3) is 0 Å². The highest BCUT2D eigenvalue weighted by atomic mass is 33.1. The predicted octanol–water partition coefficient (Wildman–Crippen LogP) is -0.628. The van der Waals surface area contributed by atoms with Crippen LogP contribution in [-0.2, 0) is 48.0 Å². The zero-order chi connectivity index (χ0) is 26.8. The van der Waals surface area contributed by atoms with Crippen LogP contribution >= 0.6 is 21.6 Å². The summed E-state index contributed by atoms with van der Waals surface area (Å²) in [5.41, 5.74) is 0. The second kappa shape index (κ2) is 13.8. The predicted molar refractivity (Wildman–Crippen MR) is 124 cm³/mol. The molecule has 0 aromatic rings. The van der Waals surface area contributed by atoms with Crippen molar-refractivity contribution in [2.45, 2.75) is 64.5 Å². The molecule has 14 nitrogen and oxygen atoms in total. The van der Waals surface area contributed by atoms with E-state index in [2.05, 4.69) is 10.6 Å². The number of carbonyl (C=O) groups is 8. The number of nitrogens with zero attached hydrogens (tertiary/aromatic N) is 2. The van der Waals surface area contributed by atoms with Gasteiger partial charge in [0, 0.05) is 51.0 Å². The van der Waals surface area contributed by atoms with Crippen LogP contribution in [0.2, 0.25) is 0 Å². The maximum absolute atomic E-state index is 12.4. The van der Waals surface area contributed by atoms with Gasteiger partial charge in [0.25, 0.3) is 23.6 Å². The van der Waals surface area contributed by atoms with Crippen LogP contribution in [-0.4, -0.2) is 81.1 Å². The number of rotatable bonds is 13. The Bertz CT molecular complexity index is 837. The standard InChI is InChI=1S/C20H26N4O10S2/c1-11(25)21-13(19(31)33-23-15(27)3-4-16(23)28)7-9-35-36-10-8-14(22-12(2)26)20(32)34-24-17(29)5-6-18(24)30/h13-14H,3-10H2,1-2H3,(H,21,25)(H,22,26)/t13-,14+. The summed E-state index contributed by atoms with van der Waals surface area (Å²) in [6.07, 6.45) is 0.0373. The molecule has 0 unspecified atom stereocenters. The molecule has 0 aliphatic carbocycles. The Morgan fingerprint density at radius 3 is 1.28 bits per heavy atom. The van der Waals surface area contributed by atoms with Crippen LogP contribution in [0, 0.1) is 0 Å². The van der Waals surface area contributed by atoms with Crippen LogP contribution in [0.3, 0.4) is 0 Å². The lowest BCUT2D eigenvalue weighted by atomic mass is 10.2. The van der Waals surface area contributed by atoms with Gasteiger partial charge >= 0.3 is 11.9 Å². The van der Waals surface area contributed by atoms with Crippen LogP contribution < -0.4 is 10.6 Å². The van der Waals surface area contributed by atoms with Crippen molar-refractivity contribution >= 4 is 69.0 Å². The van der Waals surface area contributed by atoms with E-state index in [4.69, 9.17) is 9.68 Å². The average molecular weight is 547 g/mol. The van der Waals surface area contributed by atoms with Crippen molar-refractivity contribution in [1.82, 2.24) is 20.8 Å². The molecule has 198 valence electrons. The number of carbonyl (C=O) groups excluding carboxylic acids is 8. The fraction of sp³-hybridized carbons (Fsp3) is 0.600. The van der Waals surface area contributed by atoms with E-state index in [9.17, 15) is 38.4 Å². The Morgan fingerprint density at radius 2 is 1.00 bits per heavy atom. The van der Waals surface area contributed by atoms with Crippen molar-refractivity contribution in [2.75, 3.05) is 11.5 Å². The highest BCUT2D eigenvalue weighted by molar-refractivity contribution is 8.76. The summed E-state index contributed by atoms with van der Waals surface area (Å²) in [6.45, 7) is 2.41. The first-order valence-corrected chi connectivity index (χ1v) is 13.4. The SMILES string of the molecule is CC(=O)N[C@@H](CCSSCC[C@@H](NC(C)=O)C(=O)ON1C(=O)CCC1=O)C(=O)ON1C(=O)CCC1=O. The van der Waals surface area contributed by atoms with E-state index in [1.165, 1.54) is 35.4 Å². The van der Waals surface area contributed by atoms with Gasteiger partial charge < -0.3 is 20.3 Å². The Labute approximate surface area is 213 Å². The van der Waals surface area contributed by atoms with E-state index in [1.54, 1.807) is 0 Å². The third kappa shape index (κ3) is 8.82. The first-order chi connectivity index (χ1) is 17.0. The molecule has 0 radical (unpaired) electrons. The van der Waals surface area contributed by atoms with Crippen molar-refractivity contribution in [1.29, 1.82) is 0 Å². The third-order valence-corrected chi connectivity index (χ3v) is 7.23. The van der Waals surface area contributed by atoms with Gasteiger partial charge in [0.05, 0.1) is 0 Å². The molecule has 16 heteroatoms. The lowest BCUT2D eigenvalue weighted by molar-refractivity contribution is -0.199. The highest BCUT2D eigenvalue weighted by Gasteiger charge is 2.36. The summed E-state index contributed by atoms with van der Waals surface area (Å²) < 4.78 is 0. The fourth-order valence-electron chi connectivity index (χ4n) is 3.06. The lowest BCUT2D eigenvalue weighted by Gasteiger charge is -2.20. The summed E-state index contributed by atoms with van der Waals surface area (Å²) in [5.74, 6) is -4.73. The summed E-state index contributed by atoms with van der Waals surface area (Å²) in [4.78, 5) is 104. The monoisotopic (exact) mass is 546 g/mol. The van der Waals surface area contributed by atoms with Gasteiger partial charge in [-0.05, 0) is 12.8 Å². The maximum Gasteiger partial charge on any atom is 0.355 e. The topological polar surface area (TPSA) is 186 Å². The maximum atomic E-state index is 12.4. The minimum atomic E-state index is -1.09. The van der Waals surface area contributed by atoms with E-state index < -0.39 is 59.5 Å². The molecule has 2 aliphatic heterocycles. The summed E-state index contributed by atoms with van der Waals surface area (Å²) >= 11 is 0. The summed E-state index contributed by atoms with van der Waals surface area (Å²) in [7, 11) is 2.61. The molecular formula is C20H26N4O10S2. The van der Waals surface area contributed by atoms with Gasteiger partial charge in [-0.1, -0.05) is 21.6 Å². The third-order valence-electron chi connectivity index (χ3n) is 4.76. The van der Waals surface area contributed by atoms with Crippen molar-refractivity contribution in [2.24, 2.45) is 0 Å². The molecule has 6 amide bonds. The first kappa shape index (κ1) is 29.1. The van der Waals surface area contributed by atoms with Gasteiger partial charge in [-0.3, -0.25) is 28.8 Å². The lowest BCUT2D eigenvalue weighted by Crippen LogP contribution is -2.45. The number of imide groups is 2. The molecule has 0 saturated carbocycles. The number of nitrogens with one attached hydrogen (secondary N) is 2. The molecule has 2 heterocycles. The molecule has 36 heavy (non-hydrogen) atoms. The number of hydrogen-bond donors (Lipinski definition) is 2. The molecule has 0 aromatic carbocycles. The molecule has 2 atom stereocenters.